The second-order valence-electron chi connectivity index (χ2n) is 23.3. The van der Waals surface area contributed by atoms with Crippen molar-refractivity contribution in [3.63, 3.8) is 0 Å². The molecular weight excluding hydrogens is 1450 g/mol. The van der Waals surface area contributed by atoms with Crippen molar-refractivity contribution in [1.29, 1.82) is 0 Å². The van der Waals surface area contributed by atoms with Crippen LogP contribution >= 0.6 is 45.3 Å². The summed E-state index contributed by atoms with van der Waals surface area (Å²) in [6.07, 6.45) is 7.95. The lowest BCUT2D eigenvalue weighted by atomic mass is 10.1. The number of carbonyl (C=O) groups is 4. The molecule has 4 aromatic carbocycles. The number of nitrogens with zero attached hydrogens (tertiary/aromatic N) is 8. The number of methoxy groups -OCH3 is 4. The van der Waals surface area contributed by atoms with Gasteiger partial charge < -0.3 is 60.6 Å². The normalized spacial score (nSPS) is 10.5. The summed E-state index contributed by atoms with van der Waals surface area (Å²) in [7, 11) is 6.03. The van der Waals surface area contributed by atoms with Crippen LogP contribution in [0.3, 0.4) is 0 Å². The second kappa shape index (κ2) is 38.2. The minimum atomic E-state index is -1.01. The predicted molar refractivity (Wildman–Crippen MR) is 429 cm³/mol. The van der Waals surface area contributed by atoms with Gasteiger partial charge in [0.05, 0.1) is 93.0 Å². The van der Waals surface area contributed by atoms with E-state index in [-0.39, 0.29) is 22.3 Å². The Labute approximate surface area is 640 Å². The first-order chi connectivity index (χ1) is 52.2. The first-order valence-electron chi connectivity index (χ1n) is 33.9. The van der Waals surface area contributed by atoms with E-state index in [9.17, 15) is 34.5 Å². The molecule has 556 valence electrons. The molecule has 12 rings (SSSR count). The zero-order valence-electron chi connectivity index (χ0n) is 60.9. The minimum Gasteiger partial charge on any atom is -0.495 e. The van der Waals surface area contributed by atoms with Crippen LogP contribution in [-0.4, -0.2) is 113 Å². The second-order valence-corrected chi connectivity index (χ2v) is 27.0. The molecule has 0 saturated carbocycles. The summed E-state index contributed by atoms with van der Waals surface area (Å²) < 4.78 is 21.5. The number of hydrogen-bond acceptors (Lipinski definition) is 24. The molecule has 0 unspecified atom stereocenters. The Hall–Kier alpha value is -12.2. The van der Waals surface area contributed by atoms with E-state index in [1.807, 2.05) is 96.9 Å². The number of carboxylic acid groups (broad SMARTS) is 4. The van der Waals surface area contributed by atoms with Crippen molar-refractivity contribution in [1.82, 2.24) is 39.9 Å². The zero-order valence-corrected chi connectivity index (χ0v) is 64.2. The monoisotopic (exact) mass is 1530 g/mol. The molecule has 8 aromatic heterocycles. The number of allylic oxidation sites excluding steroid dienone is 2. The van der Waals surface area contributed by atoms with Gasteiger partial charge in [-0.15, -0.1) is 58.5 Å². The quantitative estimate of drug-likeness (QED) is 0.0211. The number of carboxylic acids is 4. The third kappa shape index (κ3) is 19.8. The molecule has 0 bridgehead atoms. The predicted octanol–water partition coefficient (Wildman–Crippen LogP) is 18.9. The van der Waals surface area contributed by atoms with Crippen LogP contribution in [0.5, 0.6) is 23.0 Å². The van der Waals surface area contributed by atoms with Gasteiger partial charge in [0.15, 0.2) is 23.3 Å². The van der Waals surface area contributed by atoms with E-state index < -0.39 is 23.9 Å². The van der Waals surface area contributed by atoms with Gasteiger partial charge >= 0.3 is 23.9 Å². The highest BCUT2D eigenvalue weighted by atomic mass is 32.1. The molecular formula is C80H80N12O12S4. The number of anilines is 8. The topological polar surface area (TPSA) is 337 Å². The molecule has 24 nitrogen and oxygen atoms in total. The van der Waals surface area contributed by atoms with E-state index in [1.54, 1.807) is 81.8 Å². The smallest absolute Gasteiger partial charge is 0.335 e. The van der Waals surface area contributed by atoms with Gasteiger partial charge in [0, 0.05) is 45.0 Å². The van der Waals surface area contributed by atoms with Gasteiger partial charge in [-0.2, -0.15) is 0 Å². The van der Waals surface area contributed by atoms with Crippen LogP contribution in [0.25, 0.3) is 42.8 Å². The third-order valence-corrected chi connectivity index (χ3v) is 19.9. The standard InChI is InChI=1S/C21H21N3O3S.C20H19N3O3S.C20H21N3O3S.C19H19N3O3S/c1-4-7-14-15(5-2)22-20(18-8-6-11-28-18)24-19(14)23-16-10-9-13(21(25)26)12-17(16)27-3;1-4-6-14-12(2)21-19(17-7-5-10-27-17)23-18(14)22-15-9-8-13(20(24)25)11-16(15)26-3;1-4-13-14(5-2)21-19(17-7-6-10-27-17)23-18(13)22-15-9-8-12(20(24)25)11-16(15)26-3;1-4-13-11(2)20-18(16-6-5-9-26-16)22-17(13)21-14-8-7-12(19(23)24)10-15(14)25-3/h4,6,8-12H,1,5,7H2,2-3H3,(H,25,26)(H,22,23,24);4-5,7-11H,1,6H2,2-3H3,(H,24,25)(H,21,22,23);6-11H,4-5H2,1-3H3,(H,24,25)(H,21,22,23);5-10H,4H2,1-3H3,(H,23,24)(H,20,21,22). The van der Waals surface area contributed by atoms with Crippen LogP contribution < -0.4 is 40.2 Å². The maximum atomic E-state index is 11.2. The first kappa shape index (κ1) is 79.9. The highest BCUT2D eigenvalue weighted by Crippen LogP contribution is 2.38. The van der Waals surface area contributed by atoms with Crippen molar-refractivity contribution in [2.45, 2.75) is 80.1 Å². The maximum absolute atomic E-state index is 11.2. The molecule has 0 radical (unpaired) electrons. The molecule has 0 amide bonds. The molecule has 0 fully saturated rings. The maximum Gasteiger partial charge on any atom is 0.335 e. The molecule has 0 saturated heterocycles. The van der Waals surface area contributed by atoms with Crippen LogP contribution in [0.2, 0.25) is 0 Å². The Kier molecular flexibility index (Phi) is 28.2. The summed E-state index contributed by atoms with van der Waals surface area (Å²) in [6.45, 7) is 19.8. The van der Waals surface area contributed by atoms with E-state index in [0.29, 0.717) is 105 Å². The number of nitrogens with one attached hydrogen (secondary N) is 4. The molecule has 8 N–H and O–H groups in total. The minimum absolute atomic E-state index is 0.154. The fraction of sp³-hybridized carbons (Fsp3) is 0.200. The average molecular weight is 1530 g/mol. The van der Waals surface area contributed by atoms with Gasteiger partial charge in [-0.05, 0) is 171 Å². The lowest BCUT2D eigenvalue weighted by molar-refractivity contribution is 0.0686. The molecule has 12 aromatic rings. The zero-order chi connectivity index (χ0) is 77.6. The Morgan fingerprint density at radius 1 is 0.370 bits per heavy atom. The van der Waals surface area contributed by atoms with Crippen LogP contribution in [0.1, 0.15) is 114 Å². The molecule has 0 atom stereocenters. The number of benzene rings is 4. The van der Waals surface area contributed by atoms with Gasteiger partial charge in [-0.25, -0.2) is 59.0 Å². The van der Waals surface area contributed by atoms with Crippen molar-refractivity contribution in [2.75, 3.05) is 49.7 Å². The van der Waals surface area contributed by atoms with E-state index in [1.165, 1.54) is 70.9 Å². The Morgan fingerprint density at radius 2 is 0.639 bits per heavy atom. The summed E-state index contributed by atoms with van der Waals surface area (Å²) in [6, 6.07) is 34.6. The SMILES string of the molecule is C=CCc1c(C)nc(-c2cccs2)nc1Nc1ccc(C(=O)O)cc1OC.C=CCc1c(CC)nc(-c2cccs2)nc1Nc1ccc(C(=O)O)cc1OC.CCc1c(C)nc(-c2cccs2)nc1Nc1ccc(C(=O)O)cc1OC.CCc1nc(-c2cccs2)nc(Nc2ccc(C(=O)O)cc2OC)c1CC. The largest absolute Gasteiger partial charge is 0.495 e. The van der Waals surface area contributed by atoms with Crippen molar-refractivity contribution in [3.8, 4) is 65.8 Å². The fourth-order valence-electron chi connectivity index (χ4n) is 11.1. The molecule has 0 aliphatic rings. The highest BCUT2D eigenvalue weighted by molar-refractivity contribution is 7.14. The fourth-order valence-corrected chi connectivity index (χ4v) is 13.7. The van der Waals surface area contributed by atoms with Gasteiger partial charge in [0.2, 0.25) is 0 Å². The number of aromatic carboxylic acids is 4. The van der Waals surface area contributed by atoms with E-state index >= 15 is 0 Å². The van der Waals surface area contributed by atoms with Crippen molar-refractivity contribution in [2.24, 2.45) is 0 Å². The number of hydrogen-bond donors (Lipinski definition) is 8. The van der Waals surface area contributed by atoms with E-state index in [4.69, 9.17) is 54.0 Å². The Morgan fingerprint density at radius 3 is 0.907 bits per heavy atom. The number of rotatable bonds is 28. The Bertz CT molecular complexity index is 5150. The average Bonchev–Trinajstić information content (AvgIpc) is 1.23. The van der Waals surface area contributed by atoms with Crippen LogP contribution in [0.4, 0.5) is 46.0 Å². The molecule has 0 aliphatic heterocycles. The highest BCUT2D eigenvalue weighted by Gasteiger charge is 2.22. The van der Waals surface area contributed by atoms with Gasteiger partial charge in [-0.3, -0.25) is 0 Å². The number of aromatic nitrogens is 8. The van der Waals surface area contributed by atoms with Crippen LogP contribution in [0, 0.1) is 13.8 Å². The Balaban J connectivity index is 0.000000166. The summed E-state index contributed by atoms with van der Waals surface area (Å²) in [5, 5.41) is 57.9. The van der Waals surface area contributed by atoms with Gasteiger partial charge in [0.1, 0.15) is 46.3 Å². The third-order valence-electron chi connectivity index (χ3n) is 16.5. The van der Waals surface area contributed by atoms with Crippen molar-refractivity contribution >= 4 is 115 Å². The number of thiophene rings is 4. The lowest BCUT2D eigenvalue weighted by Gasteiger charge is -2.17. The van der Waals surface area contributed by atoms with Crippen molar-refractivity contribution < 1.29 is 58.6 Å². The molecule has 0 aliphatic carbocycles. The summed E-state index contributed by atoms with van der Waals surface area (Å²) in [4.78, 5) is 86.3. The van der Waals surface area contributed by atoms with Crippen LogP contribution in [-0.2, 0) is 38.5 Å². The summed E-state index contributed by atoms with van der Waals surface area (Å²) >= 11 is 6.33. The van der Waals surface area contributed by atoms with E-state index in [2.05, 4.69) is 65.2 Å². The van der Waals surface area contributed by atoms with Crippen molar-refractivity contribution in [3.05, 3.63) is 235 Å². The number of ether oxygens (including phenoxy) is 4. The van der Waals surface area contributed by atoms with Gasteiger partial charge in [0.25, 0.3) is 0 Å². The molecule has 0 spiro atoms. The molecule has 8 heterocycles. The summed E-state index contributed by atoms with van der Waals surface area (Å²) in [5.41, 5.74) is 10.9. The first-order valence-corrected chi connectivity index (χ1v) is 37.4. The van der Waals surface area contributed by atoms with Crippen LogP contribution in [0.15, 0.2) is 168 Å². The number of aryl methyl sites for hydroxylation is 4. The molecule has 108 heavy (non-hydrogen) atoms. The van der Waals surface area contributed by atoms with E-state index in [0.717, 1.165) is 90.2 Å². The summed E-state index contributed by atoms with van der Waals surface area (Å²) in [5.74, 6) is 3.11. The molecule has 28 heteroatoms. The lowest BCUT2D eigenvalue weighted by Crippen LogP contribution is -2.08. The van der Waals surface area contributed by atoms with Gasteiger partial charge in [-0.1, -0.05) is 64.1 Å².